The second kappa shape index (κ2) is 8.79. The third kappa shape index (κ3) is 5.96. The summed E-state index contributed by atoms with van der Waals surface area (Å²) in [5, 5.41) is 14.0. The first-order valence-corrected chi connectivity index (χ1v) is 6.76. The lowest BCUT2D eigenvalue weighted by molar-refractivity contribution is -0.385. The van der Waals surface area contributed by atoms with E-state index in [4.69, 9.17) is 4.74 Å². The molecule has 0 aliphatic carbocycles. The predicted octanol–water partition coefficient (Wildman–Crippen LogP) is 3.04. The van der Waals surface area contributed by atoms with E-state index in [9.17, 15) is 10.1 Å². The van der Waals surface area contributed by atoms with Gasteiger partial charge in [-0.1, -0.05) is 12.1 Å². The van der Waals surface area contributed by atoms with E-state index < -0.39 is 4.92 Å². The minimum atomic E-state index is -0.397. The lowest BCUT2D eigenvalue weighted by Gasteiger charge is -2.06. The average Bonchev–Trinajstić information content (AvgIpc) is 2.39. The van der Waals surface area contributed by atoms with E-state index in [-0.39, 0.29) is 5.69 Å². The molecule has 5 nitrogen and oxygen atoms in total. The van der Waals surface area contributed by atoms with Crippen LogP contribution in [0.4, 0.5) is 5.69 Å². The number of nitro benzene ring substituents is 1. The zero-order chi connectivity index (χ0) is 14.1. The van der Waals surface area contributed by atoms with Gasteiger partial charge in [0.15, 0.2) is 0 Å². The Morgan fingerprint density at radius 1 is 1.47 bits per heavy atom. The van der Waals surface area contributed by atoms with Crippen molar-refractivity contribution in [1.29, 1.82) is 0 Å². The minimum Gasteiger partial charge on any atom is -0.380 e. The molecule has 0 saturated carbocycles. The summed E-state index contributed by atoms with van der Waals surface area (Å²) < 4.78 is 5.84. The normalized spacial score (nSPS) is 10.4. The number of nitrogens with one attached hydrogen (secondary N) is 1. The van der Waals surface area contributed by atoms with E-state index in [1.54, 1.807) is 12.1 Å². The Balaban J connectivity index is 2.31. The molecule has 0 aliphatic rings. The predicted molar refractivity (Wildman–Crippen MR) is 78.1 cm³/mol. The Labute approximate surface area is 120 Å². The second-order valence-electron chi connectivity index (χ2n) is 3.91. The Morgan fingerprint density at radius 2 is 2.26 bits per heavy atom. The van der Waals surface area contributed by atoms with Gasteiger partial charge in [-0.2, -0.15) is 0 Å². The molecule has 0 atom stereocenters. The Kier molecular flexibility index (Phi) is 7.32. The molecule has 6 heteroatoms. The van der Waals surface area contributed by atoms with Crippen LogP contribution in [-0.2, 0) is 11.3 Å². The van der Waals surface area contributed by atoms with Crippen molar-refractivity contribution >= 4 is 21.6 Å². The van der Waals surface area contributed by atoms with Gasteiger partial charge >= 0.3 is 0 Å². The van der Waals surface area contributed by atoms with Gasteiger partial charge in [0.25, 0.3) is 5.69 Å². The van der Waals surface area contributed by atoms with Gasteiger partial charge in [0.1, 0.15) is 0 Å². The molecule has 0 aliphatic heterocycles. The van der Waals surface area contributed by atoms with Gasteiger partial charge in [-0.05, 0) is 34.0 Å². The molecule has 0 heterocycles. The highest BCUT2D eigenvalue weighted by Crippen LogP contribution is 2.25. The molecule has 1 aromatic rings. The van der Waals surface area contributed by atoms with Crippen molar-refractivity contribution in [2.75, 3.05) is 19.8 Å². The molecule has 19 heavy (non-hydrogen) atoms. The summed E-state index contributed by atoms with van der Waals surface area (Å²) in [4.78, 5) is 10.4. The zero-order valence-electron chi connectivity index (χ0n) is 10.6. The first kappa shape index (κ1) is 15.8. The van der Waals surface area contributed by atoms with Crippen molar-refractivity contribution in [3.8, 4) is 0 Å². The van der Waals surface area contributed by atoms with E-state index in [0.29, 0.717) is 30.8 Å². The lowest BCUT2D eigenvalue weighted by atomic mass is 10.2. The first-order valence-electron chi connectivity index (χ1n) is 5.97. The van der Waals surface area contributed by atoms with Crippen molar-refractivity contribution in [2.24, 2.45) is 0 Å². The fourth-order valence-electron chi connectivity index (χ4n) is 1.45. The van der Waals surface area contributed by atoms with Crippen molar-refractivity contribution in [3.63, 3.8) is 0 Å². The third-order valence-corrected chi connectivity index (χ3v) is 3.10. The maximum atomic E-state index is 10.8. The molecule has 0 aromatic heterocycles. The van der Waals surface area contributed by atoms with Gasteiger partial charge in [0, 0.05) is 19.2 Å². The molecule has 1 N–H and O–H groups in total. The third-order valence-electron chi connectivity index (χ3n) is 2.43. The quantitative estimate of drug-likeness (QED) is 0.327. The van der Waals surface area contributed by atoms with E-state index in [2.05, 4.69) is 27.8 Å². The highest BCUT2D eigenvalue weighted by atomic mass is 79.9. The van der Waals surface area contributed by atoms with Crippen molar-refractivity contribution < 1.29 is 9.66 Å². The molecule has 0 fully saturated rings. The average molecular weight is 329 g/mol. The monoisotopic (exact) mass is 328 g/mol. The summed E-state index contributed by atoms with van der Waals surface area (Å²) in [6, 6.07) is 5.11. The number of hydrogen-bond donors (Lipinski definition) is 1. The number of nitro groups is 1. The number of hydrogen-bond acceptors (Lipinski definition) is 4. The van der Waals surface area contributed by atoms with E-state index in [1.165, 1.54) is 0 Å². The van der Waals surface area contributed by atoms with Gasteiger partial charge < -0.3 is 10.1 Å². The van der Waals surface area contributed by atoms with Crippen LogP contribution < -0.4 is 5.32 Å². The minimum absolute atomic E-state index is 0.0848. The summed E-state index contributed by atoms with van der Waals surface area (Å²) in [5.41, 5.74) is 0.961. The summed E-state index contributed by atoms with van der Waals surface area (Å²) >= 11 is 3.16. The molecule has 104 valence electrons. The summed E-state index contributed by atoms with van der Waals surface area (Å²) in [5.74, 6) is 0. The number of halogens is 1. The highest BCUT2D eigenvalue weighted by Gasteiger charge is 2.11. The standard InChI is InChI=1S/C13H17BrN2O3/c1-2-3-7-19-8-6-15-10-11-4-5-12(14)13(9-11)16(17)18/h2,4-5,9,15H,1,3,6-8,10H2. The van der Waals surface area contributed by atoms with E-state index in [1.807, 2.05) is 12.1 Å². The van der Waals surface area contributed by atoms with E-state index in [0.717, 1.165) is 12.0 Å². The maximum absolute atomic E-state index is 10.8. The highest BCUT2D eigenvalue weighted by molar-refractivity contribution is 9.10. The summed E-state index contributed by atoms with van der Waals surface area (Å²) in [6.07, 6.45) is 2.66. The van der Waals surface area contributed by atoms with Crippen LogP contribution in [0.15, 0.2) is 35.3 Å². The van der Waals surface area contributed by atoms with Crippen molar-refractivity contribution in [1.82, 2.24) is 5.32 Å². The van der Waals surface area contributed by atoms with Gasteiger partial charge in [-0.3, -0.25) is 10.1 Å². The van der Waals surface area contributed by atoms with Gasteiger partial charge in [-0.15, -0.1) is 6.58 Å². The Hall–Kier alpha value is -1.24. The van der Waals surface area contributed by atoms with Crippen LogP contribution in [0, 0.1) is 10.1 Å². The van der Waals surface area contributed by atoms with Crippen LogP contribution in [0.2, 0.25) is 0 Å². The number of benzene rings is 1. The molecule has 1 aromatic carbocycles. The maximum Gasteiger partial charge on any atom is 0.283 e. The number of nitrogens with zero attached hydrogens (tertiary/aromatic N) is 1. The fourth-order valence-corrected chi connectivity index (χ4v) is 1.85. The topological polar surface area (TPSA) is 64.4 Å². The Morgan fingerprint density at radius 3 is 2.95 bits per heavy atom. The van der Waals surface area contributed by atoms with Crippen molar-refractivity contribution in [2.45, 2.75) is 13.0 Å². The molecule has 0 amide bonds. The summed E-state index contributed by atoms with van der Waals surface area (Å²) in [7, 11) is 0. The smallest absolute Gasteiger partial charge is 0.283 e. The molecule has 1 rings (SSSR count). The molecule has 0 unspecified atom stereocenters. The largest absolute Gasteiger partial charge is 0.380 e. The molecular weight excluding hydrogens is 312 g/mol. The molecule has 0 spiro atoms. The first-order chi connectivity index (χ1) is 9.15. The van der Waals surface area contributed by atoms with Crippen LogP contribution in [0.5, 0.6) is 0 Å². The zero-order valence-corrected chi connectivity index (χ0v) is 12.2. The van der Waals surface area contributed by atoms with Crippen LogP contribution in [0.1, 0.15) is 12.0 Å². The number of ether oxygens (including phenoxy) is 1. The van der Waals surface area contributed by atoms with Crippen LogP contribution in [0.25, 0.3) is 0 Å². The van der Waals surface area contributed by atoms with Crippen LogP contribution in [-0.4, -0.2) is 24.7 Å². The van der Waals surface area contributed by atoms with Crippen LogP contribution in [0.3, 0.4) is 0 Å². The van der Waals surface area contributed by atoms with Gasteiger partial charge in [0.2, 0.25) is 0 Å². The van der Waals surface area contributed by atoms with Gasteiger partial charge in [-0.25, -0.2) is 0 Å². The van der Waals surface area contributed by atoms with E-state index >= 15 is 0 Å². The fraction of sp³-hybridized carbons (Fsp3) is 0.385. The van der Waals surface area contributed by atoms with Gasteiger partial charge in [0.05, 0.1) is 22.6 Å². The molecule has 0 saturated heterocycles. The lowest BCUT2D eigenvalue weighted by Crippen LogP contribution is -2.19. The van der Waals surface area contributed by atoms with Crippen molar-refractivity contribution in [3.05, 3.63) is 51.0 Å². The van der Waals surface area contributed by atoms with Crippen LogP contribution >= 0.6 is 15.9 Å². The Bertz CT molecular complexity index is 438. The second-order valence-corrected chi connectivity index (χ2v) is 4.76. The summed E-state index contributed by atoms with van der Waals surface area (Å²) in [6.45, 7) is 6.19. The molecule has 0 radical (unpaired) electrons. The SMILES string of the molecule is C=CCCOCCNCc1ccc(Br)c([N+](=O)[O-])c1. The molecular formula is C13H17BrN2O3. The number of rotatable bonds is 9. The molecule has 0 bridgehead atoms.